The molecular weight excluding hydrogens is 374 g/mol. The van der Waals surface area contributed by atoms with E-state index in [-0.39, 0.29) is 0 Å². The molecule has 6 nitrogen and oxygen atoms in total. The second-order valence-electron chi connectivity index (χ2n) is 8.21. The Balaban J connectivity index is 1.29. The molecule has 0 spiro atoms. The van der Waals surface area contributed by atoms with Crippen molar-refractivity contribution in [2.75, 3.05) is 31.6 Å². The molecule has 2 aromatic rings. The largest absolute Gasteiger partial charge is 0.493 e. The Morgan fingerprint density at radius 1 is 1.10 bits per heavy atom. The Morgan fingerprint density at radius 3 is 2.70 bits per heavy atom. The number of aliphatic imine (C=N–C) groups is 1. The van der Waals surface area contributed by atoms with Gasteiger partial charge in [-0.05, 0) is 61.8 Å². The van der Waals surface area contributed by atoms with Gasteiger partial charge in [-0.15, -0.1) is 0 Å². The first-order valence-corrected chi connectivity index (χ1v) is 11.2. The molecule has 0 unspecified atom stereocenters. The van der Waals surface area contributed by atoms with Crippen LogP contribution >= 0.6 is 0 Å². The van der Waals surface area contributed by atoms with Crippen molar-refractivity contribution in [3.8, 4) is 5.75 Å². The number of guanidine groups is 1. The zero-order valence-corrected chi connectivity index (χ0v) is 17.9. The molecular formula is C24H33N5O. The van der Waals surface area contributed by atoms with Crippen molar-refractivity contribution >= 4 is 11.8 Å². The maximum Gasteiger partial charge on any atom is 0.191 e. The molecule has 2 N–H and O–H groups in total. The maximum atomic E-state index is 6.02. The van der Waals surface area contributed by atoms with E-state index in [4.69, 9.17) is 4.74 Å². The number of rotatable bonds is 8. The number of pyridine rings is 1. The highest BCUT2D eigenvalue weighted by molar-refractivity contribution is 5.79. The molecule has 1 aromatic heterocycles. The normalized spacial score (nSPS) is 17.0. The highest BCUT2D eigenvalue weighted by atomic mass is 16.5. The standard InChI is InChI=1S/C24H33N5O/c1-25-24(28-17-21-7-3-4-8-22(21)30-18-19-9-10-19)27-16-20-11-12-26-23(15-20)29-13-5-2-6-14-29/h3-4,7-8,11-12,15,19H,2,5-6,9-10,13-14,16-18H2,1H3,(H2,25,27,28). The molecule has 2 heterocycles. The fourth-order valence-corrected chi connectivity index (χ4v) is 3.73. The SMILES string of the molecule is CN=C(NCc1ccnc(N2CCCCC2)c1)NCc1ccccc1OCC1CC1. The Morgan fingerprint density at radius 2 is 1.90 bits per heavy atom. The smallest absolute Gasteiger partial charge is 0.191 e. The predicted octanol–water partition coefficient (Wildman–Crippen LogP) is 3.73. The van der Waals surface area contributed by atoms with E-state index in [1.807, 2.05) is 12.3 Å². The van der Waals surface area contributed by atoms with Gasteiger partial charge in [-0.1, -0.05) is 18.2 Å². The molecule has 160 valence electrons. The molecule has 4 rings (SSSR count). The van der Waals surface area contributed by atoms with E-state index in [1.165, 1.54) is 37.7 Å². The average Bonchev–Trinajstić information content (AvgIpc) is 3.64. The van der Waals surface area contributed by atoms with Crippen LogP contribution in [0.15, 0.2) is 47.6 Å². The van der Waals surface area contributed by atoms with Gasteiger partial charge in [0.25, 0.3) is 0 Å². The molecule has 1 aliphatic heterocycles. The third kappa shape index (κ3) is 5.88. The first-order valence-electron chi connectivity index (χ1n) is 11.2. The molecule has 2 aliphatic rings. The molecule has 30 heavy (non-hydrogen) atoms. The number of piperidine rings is 1. The number of ether oxygens (including phenoxy) is 1. The maximum absolute atomic E-state index is 6.02. The summed E-state index contributed by atoms with van der Waals surface area (Å²) in [5, 5.41) is 6.83. The van der Waals surface area contributed by atoms with Crippen LogP contribution in [0.1, 0.15) is 43.2 Å². The van der Waals surface area contributed by atoms with Crippen LogP contribution in [0.25, 0.3) is 0 Å². The second kappa shape index (κ2) is 10.3. The molecule has 1 saturated carbocycles. The zero-order chi connectivity index (χ0) is 20.6. The second-order valence-corrected chi connectivity index (χ2v) is 8.21. The lowest BCUT2D eigenvalue weighted by atomic mass is 10.1. The number of hydrogen-bond acceptors (Lipinski definition) is 4. The number of benzene rings is 1. The lowest BCUT2D eigenvalue weighted by Gasteiger charge is -2.28. The first-order chi connectivity index (χ1) is 14.8. The summed E-state index contributed by atoms with van der Waals surface area (Å²) in [4.78, 5) is 11.3. The number of nitrogens with zero attached hydrogens (tertiary/aromatic N) is 3. The first kappa shape index (κ1) is 20.5. The van der Waals surface area contributed by atoms with Gasteiger partial charge in [0.15, 0.2) is 5.96 Å². The summed E-state index contributed by atoms with van der Waals surface area (Å²) in [5.41, 5.74) is 2.36. The topological polar surface area (TPSA) is 61.8 Å². The molecule has 1 aromatic carbocycles. The van der Waals surface area contributed by atoms with Crippen molar-refractivity contribution in [2.45, 2.75) is 45.2 Å². The minimum atomic E-state index is 0.676. The summed E-state index contributed by atoms with van der Waals surface area (Å²) < 4.78 is 6.02. The van der Waals surface area contributed by atoms with E-state index < -0.39 is 0 Å². The summed E-state index contributed by atoms with van der Waals surface area (Å²) in [6, 6.07) is 12.5. The van der Waals surface area contributed by atoms with Crippen LogP contribution in [0.3, 0.4) is 0 Å². The van der Waals surface area contributed by atoms with Crippen LogP contribution in [0.4, 0.5) is 5.82 Å². The van der Waals surface area contributed by atoms with Crippen LogP contribution in [0, 0.1) is 5.92 Å². The van der Waals surface area contributed by atoms with Crippen molar-refractivity contribution in [1.29, 1.82) is 0 Å². The molecule has 6 heteroatoms. The van der Waals surface area contributed by atoms with Gasteiger partial charge in [0.1, 0.15) is 11.6 Å². The fraction of sp³-hybridized carbons (Fsp3) is 0.500. The van der Waals surface area contributed by atoms with Crippen LogP contribution in [-0.2, 0) is 13.1 Å². The quantitative estimate of drug-likeness (QED) is 0.516. The van der Waals surface area contributed by atoms with Gasteiger partial charge in [0.05, 0.1) is 6.61 Å². The van der Waals surface area contributed by atoms with Crippen LogP contribution in [0.2, 0.25) is 0 Å². The van der Waals surface area contributed by atoms with Crippen LogP contribution in [0.5, 0.6) is 5.75 Å². The number of aromatic nitrogens is 1. The molecule has 1 saturated heterocycles. The Kier molecular flexibility index (Phi) is 7.06. The Bertz CT molecular complexity index is 843. The van der Waals surface area contributed by atoms with Gasteiger partial charge in [-0.25, -0.2) is 4.98 Å². The minimum Gasteiger partial charge on any atom is -0.493 e. The molecule has 2 fully saturated rings. The van der Waals surface area contributed by atoms with Crippen molar-refractivity contribution in [1.82, 2.24) is 15.6 Å². The number of para-hydroxylation sites is 1. The zero-order valence-electron chi connectivity index (χ0n) is 17.9. The predicted molar refractivity (Wildman–Crippen MR) is 122 cm³/mol. The Labute approximate surface area is 179 Å². The van der Waals surface area contributed by atoms with E-state index in [0.717, 1.165) is 48.7 Å². The van der Waals surface area contributed by atoms with Gasteiger partial charge < -0.3 is 20.3 Å². The highest BCUT2D eigenvalue weighted by Gasteiger charge is 2.22. The summed E-state index contributed by atoms with van der Waals surface area (Å²) in [5.74, 6) is 3.57. The fourth-order valence-electron chi connectivity index (χ4n) is 3.73. The van der Waals surface area contributed by atoms with Gasteiger partial charge >= 0.3 is 0 Å². The van der Waals surface area contributed by atoms with E-state index in [9.17, 15) is 0 Å². The average molecular weight is 408 g/mol. The number of anilines is 1. The molecule has 0 bridgehead atoms. The molecule has 0 atom stereocenters. The third-order valence-electron chi connectivity index (χ3n) is 5.76. The van der Waals surface area contributed by atoms with Crippen molar-refractivity contribution in [2.24, 2.45) is 10.9 Å². The van der Waals surface area contributed by atoms with E-state index >= 15 is 0 Å². The summed E-state index contributed by atoms with van der Waals surface area (Å²) in [6.45, 7) is 4.43. The third-order valence-corrected chi connectivity index (χ3v) is 5.76. The van der Waals surface area contributed by atoms with E-state index in [2.05, 4.69) is 55.8 Å². The number of nitrogens with one attached hydrogen (secondary N) is 2. The van der Waals surface area contributed by atoms with Crippen molar-refractivity contribution in [3.63, 3.8) is 0 Å². The van der Waals surface area contributed by atoms with Crippen molar-refractivity contribution < 1.29 is 4.74 Å². The summed E-state index contributed by atoms with van der Waals surface area (Å²) >= 11 is 0. The Hall–Kier alpha value is -2.76. The highest BCUT2D eigenvalue weighted by Crippen LogP contribution is 2.30. The van der Waals surface area contributed by atoms with Gasteiger partial charge in [0, 0.05) is 45.0 Å². The molecule has 0 amide bonds. The van der Waals surface area contributed by atoms with Crippen molar-refractivity contribution in [3.05, 3.63) is 53.7 Å². The lowest BCUT2D eigenvalue weighted by Crippen LogP contribution is -2.36. The molecule has 0 radical (unpaired) electrons. The summed E-state index contributed by atoms with van der Waals surface area (Å²) in [6.07, 6.45) is 8.34. The van der Waals surface area contributed by atoms with Gasteiger partial charge in [0.2, 0.25) is 0 Å². The minimum absolute atomic E-state index is 0.676. The van der Waals surface area contributed by atoms with Crippen LogP contribution in [-0.4, -0.2) is 37.7 Å². The summed E-state index contributed by atoms with van der Waals surface area (Å²) in [7, 11) is 1.80. The van der Waals surface area contributed by atoms with Crippen LogP contribution < -0.4 is 20.3 Å². The van der Waals surface area contributed by atoms with E-state index in [0.29, 0.717) is 13.1 Å². The van der Waals surface area contributed by atoms with Gasteiger partial charge in [-0.2, -0.15) is 0 Å². The van der Waals surface area contributed by atoms with Gasteiger partial charge in [-0.3, -0.25) is 4.99 Å². The molecule has 1 aliphatic carbocycles. The number of hydrogen-bond donors (Lipinski definition) is 2. The monoisotopic (exact) mass is 407 g/mol. The lowest BCUT2D eigenvalue weighted by molar-refractivity contribution is 0.296. The van der Waals surface area contributed by atoms with E-state index in [1.54, 1.807) is 7.05 Å².